The van der Waals surface area contributed by atoms with E-state index in [1.54, 1.807) is 0 Å². The molecular formula is C15H24N2O. The highest BCUT2D eigenvalue weighted by molar-refractivity contribution is 5.96. The predicted molar refractivity (Wildman–Crippen MR) is 73.8 cm³/mol. The number of hydrogen-bond donors (Lipinski definition) is 0. The standard InChI is InChI=1S/C15H24N2O/c1-12-6-8-13(9-7-12)17(3)11-15(18)14-5-4-10-16(14)2/h4-5,10,12-13H,6-9,11H2,1-3H3. The minimum Gasteiger partial charge on any atom is -0.348 e. The predicted octanol–water partition coefficient (Wildman–Crippen LogP) is 2.72. The van der Waals surface area contributed by atoms with Gasteiger partial charge >= 0.3 is 0 Å². The third-order valence-corrected chi connectivity index (χ3v) is 4.23. The van der Waals surface area contributed by atoms with Crippen LogP contribution in [0.4, 0.5) is 0 Å². The zero-order valence-electron chi connectivity index (χ0n) is 11.7. The Morgan fingerprint density at radius 1 is 1.39 bits per heavy atom. The van der Waals surface area contributed by atoms with Crippen molar-refractivity contribution in [1.29, 1.82) is 0 Å². The Morgan fingerprint density at radius 3 is 2.61 bits per heavy atom. The van der Waals surface area contributed by atoms with Crippen LogP contribution in [0.15, 0.2) is 18.3 Å². The monoisotopic (exact) mass is 248 g/mol. The van der Waals surface area contributed by atoms with Gasteiger partial charge in [0.05, 0.1) is 12.2 Å². The second-order valence-electron chi connectivity index (χ2n) is 5.76. The molecule has 0 radical (unpaired) electrons. The van der Waals surface area contributed by atoms with Crippen molar-refractivity contribution in [1.82, 2.24) is 9.47 Å². The Bertz CT molecular complexity index is 402. The summed E-state index contributed by atoms with van der Waals surface area (Å²) in [5.41, 5.74) is 0.811. The van der Waals surface area contributed by atoms with Crippen LogP contribution in [-0.2, 0) is 7.05 Å². The molecule has 3 heteroatoms. The number of ketones is 1. The van der Waals surface area contributed by atoms with E-state index in [0.717, 1.165) is 11.6 Å². The van der Waals surface area contributed by atoms with Crippen LogP contribution in [0.2, 0.25) is 0 Å². The molecule has 2 rings (SSSR count). The molecular weight excluding hydrogens is 224 g/mol. The number of nitrogens with zero attached hydrogens (tertiary/aromatic N) is 2. The van der Waals surface area contributed by atoms with E-state index in [9.17, 15) is 4.79 Å². The highest BCUT2D eigenvalue weighted by atomic mass is 16.1. The van der Waals surface area contributed by atoms with E-state index in [-0.39, 0.29) is 5.78 Å². The zero-order chi connectivity index (χ0) is 13.1. The number of aromatic nitrogens is 1. The average molecular weight is 248 g/mol. The second-order valence-corrected chi connectivity index (χ2v) is 5.76. The van der Waals surface area contributed by atoms with E-state index in [0.29, 0.717) is 12.6 Å². The molecule has 100 valence electrons. The van der Waals surface area contributed by atoms with E-state index in [1.807, 2.05) is 29.9 Å². The minimum absolute atomic E-state index is 0.226. The molecule has 0 bridgehead atoms. The van der Waals surface area contributed by atoms with E-state index in [1.165, 1.54) is 25.7 Å². The van der Waals surface area contributed by atoms with Gasteiger partial charge in [-0.25, -0.2) is 0 Å². The summed E-state index contributed by atoms with van der Waals surface area (Å²) in [6.45, 7) is 2.86. The normalized spacial score (nSPS) is 24.4. The molecule has 0 saturated heterocycles. The van der Waals surface area contributed by atoms with Gasteiger partial charge in [0.25, 0.3) is 0 Å². The van der Waals surface area contributed by atoms with Crippen molar-refractivity contribution < 1.29 is 4.79 Å². The number of carbonyl (C=O) groups excluding carboxylic acids is 1. The lowest BCUT2D eigenvalue weighted by atomic mass is 9.86. The SMILES string of the molecule is CC1CCC(N(C)CC(=O)c2cccn2C)CC1. The first-order valence-corrected chi connectivity index (χ1v) is 6.92. The Kier molecular flexibility index (Phi) is 4.23. The molecule has 1 aromatic rings. The quantitative estimate of drug-likeness (QED) is 0.766. The van der Waals surface area contributed by atoms with Crippen LogP contribution in [0.25, 0.3) is 0 Å². The number of rotatable bonds is 4. The van der Waals surface area contributed by atoms with Crippen LogP contribution in [0.1, 0.15) is 43.1 Å². The number of Topliss-reactive ketones (excluding diaryl/α,β-unsaturated/α-hetero) is 1. The molecule has 1 heterocycles. The topological polar surface area (TPSA) is 25.2 Å². The van der Waals surface area contributed by atoms with Gasteiger partial charge in [-0.2, -0.15) is 0 Å². The second kappa shape index (κ2) is 5.70. The van der Waals surface area contributed by atoms with Crippen molar-refractivity contribution in [2.45, 2.75) is 38.6 Å². The third-order valence-electron chi connectivity index (χ3n) is 4.23. The van der Waals surface area contributed by atoms with Crippen molar-refractivity contribution in [3.63, 3.8) is 0 Å². The average Bonchev–Trinajstić information content (AvgIpc) is 2.76. The first kappa shape index (κ1) is 13.3. The number of aryl methyl sites for hydroxylation is 1. The van der Waals surface area contributed by atoms with Crippen molar-refractivity contribution in [2.24, 2.45) is 13.0 Å². The van der Waals surface area contributed by atoms with Gasteiger partial charge in [-0.05, 0) is 50.8 Å². The fourth-order valence-electron chi connectivity index (χ4n) is 2.87. The molecule has 0 aliphatic heterocycles. The minimum atomic E-state index is 0.226. The molecule has 0 spiro atoms. The van der Waals surface area contributed by atoms with Gasteiger partial charge in [-0.15, -0.1) is 0 Å². The van der Waals surface area contributed by atoms with E-state index in [4.69, 9.17) is 0 Å². The smallest absolute Gasteiger partial charge is 0.193 e. The summed E-state index contributed by atoms with van der Waals surface area (Å²) in [4.78, 5) is 14.4. The Morgan fingerprint density at radius 2 is 2.06 bits per heavy atom. The summed E-state index contributed by atoms with van der Waals surface area (Å²) in [5.74, 6) is 1.09. The van der Waals surface area contributed by atoms with Gasteiger partial charge in [0.2, 0.25) is 0 Å². The molecule has 1 aliphatic carbocycles. The van der Waals surface area contributed by atoms with Crippen LogP contribution in [0.3, 0.4) is 0 Å². The highest BCUT2D eigenvalue weighted by Crippen LogP contribution is 2.26. The Balaban J connectivity index is 1.89. The lowest BCUT2D eigenvalue weighted by molar-refractivity contribution is 0.0881. The maximum absolute atomic E-state index is 12.2. The molecule has 0 unspecified atom stereocenters. The molecule has 0 aromatic carbocycles. The molecule has 1 fully saturated rings. The molecule has 1 saturated carbocycles. The number of carbonyl (C=O) groups is 1. The molecule has 18 heavy (non-hydrogen) atoms. The van der Waals surface area contributed by atoms with Crippen LogP contribution >= 0.6 is 0 Å². The van der Waals surface area contributed by atoms with Gasteiger partial charge in [-0.1, -0.05) is 6.92 Å². The van der Waals surface area contributed by atoms with Gasteiger partial charge in [-0.3, -0.25) is 9.69 Å². The maximum atomic E-state index is 12.2. The van der Waals surface area contributed by atoms with E-state index >= 15 is 0 Å². The molecule has 0 amide bonds. The lowest BCUT2D eigenvalue weighted by Gasteiger charge is -2.33. The van der Waals surface area contributed by atoms with E-state index < -0.39 is 0 Å². The highest BCUT2D eigenvalue weighted by Gasteiger charge is 2.23. The van der Waals surface area contributed by atoms with Crippen LogP contribution in [0, 0.1) is 5.92 Å². The van der Waals surface area contributed by atoms with Crippen molar-refractivity contribution in [3.8, 4) is 0 Å². The molecule has 1 aromatic heterocycles. The first-order valence-electron chi connectivity index (χ1n) is 6.92. The summed E-state index contributed by atoms with van der Waals surface area (Å²) >= 11 is 0. The van der Waals surface area contributed by atoms with Crippen LogP contribution in [0.5, 0.6) is 0 Å². The zero-order valence-corrected chi connectivity index (χ0v) is 11.7. The van der Waals surface area contributed by atoms with E-state index in [2.05, 4.69) is 18.9 Å². The molecule has 3 nitrogen and oxygen atoms in total. The van der Waals surface area contributed by atoms with Crippen molar-refractivity contribution in [2.75, 3.05) is 13.6 Å². The fourth-order valence-corrected chi connectivity index (χ4v) is 2.87. The summed E-state index contributed by atoms with van der Waals surface area (Å²) < 4.78 is 1.90. The molecule has 0 N–H and O–H groups in total. The fraction of sp³-hybridized carbons (Fsp3) is 0.667. The summed E-state index contributed by atoms with van der Waals surface area (Å²) in [5, 5.41) is 0. The third kappa shape index (κ3) is 3.02. The number of likely N-dealkylation sites (N-methyl/N-ethyl adjacent to an activating group) is 1. The van der Waals surface area contributed by atoms with Crippen molar-refractivity contribution >= 4 is 5.78 Å². The Labute approximate surface area is 110 Å². The Hall–Kier alpha value is -1.09. The lowest BCUT2D eigenvalue weighted by Crippen LogP contribution is -2.38. The molecule has 1 aliphatic rings. The van der Waals surface area contributed by atoms with Crippen molar-refractivity contribution in [3.05, 3.63) is 24.0 Å². The summed E-state index contributed by atoms with van der Waals surface area (Å²) in [7, 11) is 4.01. The van der Waals surface area contributed by atoms with Gasteiger partial charge in [0, 0.05) is 19.3 Å². The van der Waals surface area contributed by atoms with Crippen LogP contribution < -0.4 is 0 Å². The number of hydrogen-bond acceptors (Lipinski definition) is 2. The summed E-state index contributed by atoms with van der Waals surface area (Å²) in [6, 6.07) is 4.42. The summed E-state index contributed by atoms with van der Waals surface area (Å²) in [6.07, 6.45) is 6.99. The van der Waals surface area contributed by atoms with Gasteiger partial charge < -0.3 is 4.57 Å². The van der Waals surface area contributed by atoms with Gasteiger partial charge in [0.15, 0.2) is 5.78 Å². The van der Waals surface area contributed by atoms with Gasteiger partial charge in [0.1, 0.15) is 0 Å². The molecule has 0 atom stereocenters. The largest absolute Gasteiger partial charge is 0.348 e. The first-order chi connectivity index (χ1) is 8.58. The maximum Gasteiger partial charge on any atom is 0.193 e. The van der Waals surface area contributed by atoms with Crippen LogP contribution in [-0.4, -0.2) is 34.9 Å².